The van der Waals surface area contributed by atoms with Crippen molar-refractivity contribution in [3.05, 3.63) is 0 Å². The van der Waals surface area contributed by atoms with Crippen molar-refractivity contribution < 1.29 is 69.1 Å². The minimum absolute atomic E-state index is 0. The molecule has 0 fully saturated rings. The molecule has 0 saturated carbocycles. The molecule has 0 amide bonds. The number of rotatable bonds is 0. The molecule has 0 aliphatic rings. The molecular formula is H2Cl4GeZn. The van der Waals surface area contributed by atoms with Crippen molar-refractivity contribution in [2.24, 2.45) is 0 Å². The van der Waals surface area contributed by atoms with Crippen molar-refractivity contribution >= 4 is 17.6 Å². The largest absolute Gasteiger partial charge is 2.00 e. The number of halogens is 4. The first kappa shape index (κ1) is 82.6. The monoisotopic (exact) mass is 280 g/mol. The normalized spacial score (nSPS) is 0. The van der Waals surface area contributed by atoms with Gasteiger partial charge in [-0.05, 0) is 0 Å². The molecule has 0 aromatic carbocycles. The van der Waals surface area contributed by atoms with E-state index in [0.29, 0.717) is 0 Å². The van der Waals surface area contributed by atoms with E-state index in [1.807, 2.05) is 0 Å². The second-order valence-electron chi connectivity index (χ2n) is 0. The van der Waals surface area contributed by atoms with Crippen LogP contribution < -0.4 is 49.6 Å². The van der Waals surface area contributed by atoms with E-state index in [4.69, 9.17) is 0 Å². The third-order valence-electron chi connectivity index (χ3n) is 0. The molecule has 0 nitrogen and oxygen atoms in total. The summed E-state index contributed by atoms with van der Waals surface area (Å²) in [4.78, 5) is 0. The molecule has 0 aromatic rings. The van der Waals surface area contributed by atoms with Crippen LogP contribution in [0.2, 0.25) is 0 Å². The molecule has 0 saturated heterocycles. The first-order valence-electron chi connectivity index (χ1n) is 0. The van der Waals surface area contributed by atoms with Crippen molar-refractivity contribution in [3.8, 4) is 0 Å². The first-order valence-corrected chi connectivity index (χ1v) is 0. The Kier molecular flexibility index (Phi) is 746. The Morgan fingerprint density at radius 2 is 0.500 bits per heavy atom. The summed E-state index contributed by atoms with van der Waals surface area (Å²) in [5, 5.41) is 0. The maximum absolute atomic E-state index is 0. The first-order chi connectivity index (χ1) is 0. The fraction of sp³-hybridized carbons (Fsp3) is 0. The smallest absolute Gasteiger partial charge is 2.00 e. The predicted molar refractivity (Wildman–Crippen MR) is 8.54 cm³/mol. The molecule has 0 atom stereocenters. The molecule has 0 aromatic heterocycles. The third-order valence-corrected chi connectivity index (χ3v) is 0. The minimum atomic E-state index is 0. The zero-order chi connectivity index (χ0) is 0. The molecule has 0 aliphatic heterocycles. The van der Waals surface area contributed by atoms with Gasteiger partial charge in [0, 0.05) is 0 Å². The molecule has 6 heteroatoms. The molecule has 0 N–H and O–H groups in total. The molecule has 0 aliphatic carbocycles. The summed E-state index contributed by atoms with van der Waals surface area (Å²) < 4.78 is 0. The molecule has 0 heterocycles. The van der Waals surface area contributed by atoms with Gasteiger partial charge in [0.2, 0.25) is 0 Å². The van der Waals surface area contributed by atoms with Crippen LogP contribution in [0, 0.1) is 0 Å². The van der Waals surface area contributed by atoms with Gasteiger partial charge in [-0.15, -0.1) is 0 Å². The van der Waals surface area contributed by atoms with E-state index in [9.17, 15) is 0 Å². The van der Waals surface area contributed by atoms with Crippen molar-refractivity contribution in [1.29, 1.82) is 0 Å². The summed E-state index contributed by atoms with van der Waals surface area (Å²) in [5.41, 5.74) is 0. The average molecular weight is 282 g/mol. The quantitative estimate of drug-likeness (QED) is 0.387. The van der Waals surface area contributed by atoms with Gasteiger partial charge in [-0.2, -0.15) is 0 Å². The van der Waals surface area contributed by atoms with Crippen LogP contribution in [-0.2, 0) is 19.5 Å². The topological polar surface area (TPSA) is 0 Å². The van der Waals surface area contributed by atoms with E-state index in [-0.39, 0.29) is 86.7 Å². The Morgan fingerprint density at radius 1 is 0.500 bits per heavy atom. The van der Waals surface area contributed by atoms with E-state index >= 15 is 0 Å². The third kappa shape index (κ3) is 33.2. The van der Waals surface area contributed by atoms with E-state index in [1.54, 1.807) is 0 Å². The van der Waals surface area contributed by atoms with Crippen LogP contribution >= 0.6 is 0 Å². The van der Waals surface area contributed by atoms with Crippen LogP contribution in [0.1, 0.15) is 0 Å². The fourth-order valence-electron chi connectivity index (χ4n) is 0. The molecule has 36 valence electrons. The molecule has 6 heavy (non-hydrogen) atoms. The zero-order valence-electron chi connectivity index (χ0n) is 2.93. The van der Waals surface area contributed by atoms with Crippen LogP contribution in [0.5, 0.6) is 0 Å². The average Bonchev–Trinajstić information content (AvgIpc) is 0. The standard InChI is InChI=1S/4ClH.GeH2.Zn/h4*1H;1H2;/q;;;;2*+2/p-4. The van der Waals surface area contributed by atoms with Crippen LogP contribution in [0.25, 0.3) is 0 Å². The van der Waals surface area contributed by atoms with E-state index in [1.165, 1.54) is 0 Å². The maximum atomic E-state index is 0. The Morgan fingerprint density at radius 3 is 0.500 bits per heavy atom. The summed E-state index contributed by atoms with van der Waals surface area (Å²) in [7, 11) is 0. The molecule has 0 bridgehead atoms. The summed E-state index contributed by atoms with van der Waals surface area (Å²) in [6.07, 6.45) is 0. The van der Waals surface area contributed by atoms with Crippen molar-refractivity contribution in [2.45, 2.75) is 0 Å². The Balaban J connectivity index is 0. The number of hydrogen-bond donors (Lipinski definition) is 0. The minimum Gasteiger partial charge on any atom is 2.00 e. The predicted octanol–water partition coefficient (Wildman–Crippen LogP) is -12.9. The van der Waals surface area contributed by atoms with Gasteiger partial charge in [0.05, 0.1) is 0 Å². The van der Waals surface area contributed by atoms with Gasteiger partial charge in [-0.1, -0.05) is 0 Å². The van der Waals surface area contributed by atoms with Crippen LogP contribution in [0.4, 0.5) is 0 Å². The zero-order valence-corrected chi connectivity index (χ0v) is 11.9. The van der Waals surface area contributed by atoms with Gasteiger partial charge < -0.3 is 49.6 Å². The molecular weight excluding hydrogens is 280 g/mol. The second-order valence-corrected chi connectivity index (χ2v) is 0. The van der Waals surface area contributed by atoms with Gasteiger partial charge in [0.25, 0.3) is 0 Å². The van der Waals surface area contributed by atoms with Gasteiger partial charge in [0.15, 0.2) is 0 Å². The van der Waals surface area contributed by atoms with Gasteiger partial charge in [-0.25, -0.2) is 0 Å². The van der Waals surface area contributed by atoms with Gasteiger partial charge in [0.1, 0.15) is 0 Å². The molecule has 0 spiro atoms. The van der Waals surface area contributed by atoms with Crippen LogP contribution in [0.15, 0.2) is 0 Å². The van der Waals surface area contributed by atoms with E-state index in [0.717, 1.165) is 0 Å². The molecule has 0 radical (unpaired) electrons. The SMILES string of the molecule is [Cl-].[Cl-].[Cl-].[Cl-].[GeH2+2].[Zn+2]. The summed E-state index contributed by atoms with van der Waals surface area (Å²) in [6, 6.07) is 0. The Bertz CT molecular complexity index is 7.51. The maximum Gasteiger partial charge on any atom is 2.00 e. The Labute approximate surface area is 86.0 Å². The summed E-state index contributed by atoms with van der Waals surface area (Å²) in [5.74, 6) is 0. The van der Waals surface area contributed by atoms with E-state index in [2.05, 4.69) is 0 Å². The van der Waals surface area contributed by atoms with Gasteiger partial charge >= 0.3 is 37.1 Å². The van der Waals surface area contributed by atoms with E-state index < -0.39 is 0 Å². The number of hydrogen-bond acceptors (Lipinski definition) is 0. The summed E-state index contributed by atoms with van der Waals surface area (Å²) >= 11 is 0. The van der Waals surface area contributed by atoms with Crippen LogP contribution in [0.3, 0.4) is 0 Å². The second kappa shape index (κ2) is 54.2. The fourth-order valence-corrected chi connectivity index (χ4v) is 0. The van der Waals surface area contributed by atoms with Crippen molar-refractivity contribution in [3.63, 3.8) is 0 Å². The molecule has 0 unspecified atom stereocenters. The summed E-state index contributed by atoms with van der Waals surface area (Å²) in [6.45, 7) is 0. The molecule has 0 rings (SSSR count). The van der Waals surface area contributed by atoms with Crippen molar-refractivity contribution in [2.75, 3.05) is 0 Å². The van der Waals surface area contributed by atoms with Gasteiger partial charge in [-0.3, -0.25) is 0 Å². The Hall–Kier alpha value is 2.33. The van der Waals surface area contributed by atoms with Crippen LogP contribution in [-0.4, -0.2) is 17.6 Å². The van der Waals surface area contributed by atoms with Crippen molar-refractivity contribution in [1.82, 2.24) is 0 Å².